The zero-order chi connectivity index (χ0) is 11.8. The molecule has 2 heterocycles. The second-order valence-corrected chi connectivity index (χ2v) is 4.47. The summed E-state index contributed by atoms with van der Waals surface area (Å²) >= 11 is 0. The molecular weight excluding hydrogens is 219 g/mol. The van der Waals surface area contributed by atoms with Crippen LogP contribution in [0.3, 0.4) is 0 Å². The molecule has 0 saturated carbocycles. The monoisotopic (exact) mass is 232 g/mol. The predicted molar refractivity (Wildman–Crippen MR) is 64.0 cm³/mol. The maximum Gasteiger partial charge on any atom is 0.170 e. The molecule has 1 aromatic heterocycles. The number of hydrogen-bond donors (Lipinski definition) is 1. The molecule has 88 valence electrons. The number of nitrogens with one attached hydrogen (secondary N) is 1. The van der Waals surface area contributed by atoms with Gasteiger partial charge in [-0.2, -0.15) is 0 Å². The Balaban J connectivity index is 2.11. The van der Waals surface area contributed by atoms with Crippen molar-refractivity contribution in [2.45, 2.75) is 6.92 Å². The first kappa shape index (κ1) is 10.5. The fraction of sp³-hybridized carbons (Fsp3) is 0.308. The first-order valence-corrected chi connectivity index (χ1v) is 5.71. The van der Waals surface area contributed by atoms with Gasteiger partial charge < -0.3 is 9.84 Å². The molecule has 1 aliphatic rings. The van der Waals surface area contributed by atoms with E-state index in [1.165, 1.54) is 12.1 Å². The average Bonchev–Trinajstić information content (AvgIpc) is 2.71. The minimum atomic E-state index is -0.302. The first-order valence-electron chi connectivity index (χ1n) is 5.71. The number of fused-ring (bicyclic) bond motifs is 1. The molecule has 0 fully saturated rings. The summed E-state index contributed by atoms with van der Waals surface area (Å²) in [4.78, 5) is 0. The molecule has 2 aromatic rings. The van der Waals surface area contributed by atoms with E-state index in [1.54, 1.807) is 6.07 Å². The number of halogens is 1. The van der Waals surface area contributed by atoms with Gasteiger partial charge in [0.25, 0.3) is 0 Å². The van der Waals surface area contributed by atoms with Gasteiger partial charge in [0.1, 0.15) is 11.5 Å². The Morgan fingerprint density at radius 2 is 2.35 bits per heavy atom. The molecule has 1 aromatic carbocycles. The summed E-state index contributed by atoms with van der Waals surface area (Å²) in [5, 5.41) is 8.24. The molecular formula is C13H13FN2O. The van der Waals surface area contributed by atoms with E-state index in [9.17, 15) is 4.39 Å². The van der Waals surface area contributed by atoms with E-state index >= 15 is 0 Å². The fourth-order valence-corrected chi connectivity index (χ4v) is 2.20. The summed E-state index contributed by atoms with van der Waals surface area (Å²) in [5.74, 6) is 0.176. The Morgan fingerprint density at radius 1 is 1.47 bits per heavy atom. The van der Waals surface area contributed by atoms with Crippen LogP contribution in [0.15, 0.2) is 28.8 Å². The molecule has 0 amide bonds. The Bertz CT molecular complexity index is 588. The van der Waals surface area contributed by atoms with Gasteiger partial charge in [-0.05, 0) is 23.6 Å². The molecule has 4 heteroatoms. The van der Waals surface area contributed by atoms with Crippen molar-refractivity contribution in [2.24, 2.45) is 5.92 Å². The number of rotatable bonds is 1. The summed E-state index contributed by atoms with van der Waals surface area (Å²) < 4.78 is 18.2. The van der Waals surface area contributed by atoms with Gasteiger partial charge in [-0.25, -0.2) is 4.39 Å². The maximum atomic E-state index is 13.0. The van der Waals surface area contributed by atoms with Crippen molar-refractivity contribution in [3.8, 4) is 0 Å². The lowest BCUT2D eigenvalue weighted by molar-refractivity contribution is 0.451. The van der Waals surface area contributed by atoms with Crippen molar-refractivity contribution in [1.82, 2.24) is 10.5 Å². The van der Waals surface area contributed by atoms with Crippen LogP contribution in [0, 0.1) is 11.7 Å². The van der Waals surface area contributed by atoms with Crippen LogP contribution in [0.25, 0.3) is 16.5 Å². The van der Waals surface area contributed by atoms with Crippen molar-refractivity contribution < 1.29 is 8.91 Å². The van der Waals surface area contributed by atoms with Crippen LogP contribution in [0.2, 0.25) is 0 Å². The van der Waals surface area contributed by atoms with Crippen molar-refractivity contribution >= 4 is 16.5 Å². The van der Waals surface area contributed by atoms with Gasteiger partial charge in [-0.1, -0.05) is 18.2 Å². The smallest absolute Gasteiger partial charge is 0.170 e. The first-order chi connectivity index (χ1) is 8.24. The summed E-state index contributed by atoms with van der Waals surface area (Å²) in [7, 11) is 0. The lowest BCUT2D eigenvalue weighted by atomic mass is 9.99. The zero-order valence-corrected chi connectivity index (χ0v) is 9.53. The van der Waals surface area contributed by atoms with Gasteiger partial charge >= 0.3 is 0 Å². The highest BCUT2D eigenvalue weighted by Gasteiger charge is 2.16. The Kier molecular flexibility index (Phi) is 2.44. The molecule has 1 aliphatic heterocycles. The summed E-state index contributed by atoms with van der Waals surface area (Å²) in [6, 6.07) is 4.52. The van der Waals surface area contributed by atoms with Crippen LogP contribution in [0.1, 0.15) is 12.6 Å². The van der Waals surface area contributed by atoms with Gasteiger partial charge in [0.2, 0.25) is 0 Å². The average molecular weight is 232 g/mol. The van der Waals surface area contributed by atoms with E-state index in [4.69, 9.17) is 4.52 Å². The molecule has 0 aliphatic carbocycles. The van der Waals surface area contributed by atoms with Gasteiger partial charge in [0, 0.05) is 24.5 Å². The van der Waals surface area contributed by atoms with E-state index in [0.717, 1.165) is 29.7 Å². The minimum absolute atomic E-state index is 0.302. The number of hydrogen-bond acceptors (Lipinski definition) is 3. The van der Waals surface area contributed by atoms with Gasteiger partial charge in [0.05, 0.1) is 0 Å². The molecule has 3 nitrogen and oxygen atoms in total. The van der Waals surface area contributed by atoms with Crippen LogP contribution in [-0.2, 0) is 0 Å². The third-order valence-corrected chi connectivity index (χ3v) is 3.01. The van der Waals surface area contributed by atoms with Crippen LogP contribution in [0.4, 0.5) is 4.39 Å². The Morgan fingerprint density at radius 3 is 3.18 bits per heavy atom. The SMILES string of the molecule is CC1C=C(c2noc3cc(F)ccc23)CNC1. The third-order valence-electron chi connectivity index (χ3n) is 3.01. The van der Waals surface area contributed by atoms with Crippen molar-refractivity contribution in [1.29, 1.82) is 0 Å². The Labute approximate surface area is 98.3 Å². The summed E-state index contributed by atoms with van der Waals surface area (Å²) in [6.45, 7) is 3.91. The van der Waals surface area contributed by atoms with Crippen molar-refractivity contribution in [2.75, 3.05) is 13.1 Å². The van der Waals surface area contributed by atoms with Crippen LogP contribution in [0.5, 0.6) is 0 Å². The number of nitrogens with zero attached hydrogens (tertiary/aromatic N) is 1. The lowest BCUT2D eigenvalue weighted by Gasteiger charge is -2.17. The van der Waals surface area contributed by atoms with Crippen LogP contribution < -0.4 is 5.32 Å². The maximum absolute atomic E-state index is 13.0. The highest BCUT2D eigenvalue weighted by molar-refractivity contribution is 5.89. The molecule has 3 rings (SSSR count). The van der Waals surface area contributed by atoms with E-state index in [2.05, 4.69) is 23.5 Å². The summed E-state index contributed by atoms with van der Waals surface area (Å²) in [5.41, 5.74) is 2.44. The van der Waals surface area contributed by atoms with Crippen LogP contribution in [-0.4, -0.2) is 18.2 Å². The number of aromatic nitrogens is 1. The van der Waals surface area contributed by atoms with Crippen molar-refractivity contribution in [3.63, 3.8) is 0 Å². The van der Waals surface area contributed by atoms with Gasteiger partial charge in [-0.15, -0.1) is 0 Å². The number of benzene rings is 1. The summed E-state index contributed by atoms with van der Waals surface area (Å²) in [6.07, 6.45) is 2.19. The zero-order valence-electron chi connectivity index (χ0n) is 9.53. The van der Waals surface area contributed by atoms with Gasteiger partial charge in [0.15, 0.2) is 5.58 Å². The van der Waals surface area contributed by atoms with E-state index in [-0.39, 0.29) is 5.82 Å². The highest BCUT2D eigenvalue weighted by atomic mass is 19.1. The third kappa shape index (κ3) is 1.85. The second kappa shape index (κ2) is 3.96. The molecule has 0 radical (unpaired) electrons. The molecule has 1 N–H and O–H groups in total. The molecule has 0 spiro atoms. The minimum Gasteiger partial charge on any atom is -0.356 e. The largest absolute Gasteiger partial charge is 0.356 e. The topological polar surface area (TPSA) is 38.1 Å². The molecule has 1 atom stereocenters. The molecule has 1 unspecified atom stereocenters. The second-order valence-electron chi connectivity index (χ2n) is 4.47. The molecule has 0 saturated heterocycles. The fourth-order valence-electron chi connectivity index (χ4n) is 2.20. The molecule has 17 heavy (non-hydrogen) atoms. The van der Waals surface area contributed by atoms with E-state index < -0.39 is 0 Å². The predicted octanol–water partition coefficient (Wildman–Crippen LogP) is 2.59. The van der Waals surface area contributed by atoms with Crippen LogP contribution >= 0.6 is 0 Å². The van der Waals surface area contributed by atoms with E-state index in [0.29, 0.717) is 11.5 Å². The van der Waals surface area contributed by atoms with E-state index in [1.807, 2.05) is 0 Å². The molecule has 0 bridgehead atoms. The standard InChI is InChI=1S/C13H13FN2O/c1-8-4-9(7-15-6-8)13-11-3-2-10(14)5-12(11)17-16-13/h2-5,8,15H,6-7H2,1H3. The highest BCUT2D eigenvalue weighted by Crippen LogP contribution is 2.27. The Hall–Kier alpha value is -1.68. The quantitative estimate of drug-likeness (QED) is 0.821. The van der Waals surface area contributed by atoms with Gasteiger partial charge in [-0.3, -0.25) is 0 Å². The lowest BCUT2D eigenvalue weighted by Crippen LogP contribution is -2.27. The normalized spacial score (nSPS) is 20.6. The van der Waals surface area contributed by atoms with Crippen molar-refractivity contribution in [3.05, 3.63) is 35.8 Å².